The van der Waals surface area contributed by atoms with Gasteiger partial charge in [-0.3, -0.25) is 13.9 Å². The summed E-state index contributed by atoms with van der Waals surface area (Å²) in [6.07, 6.45) is 1.63. The van der Waals surface area contributed by atoms with Crippen LogP contribution in [0, 0.1) is 0 Å². The molecule has 2 aromatic heterocycles. The Kier molecular flexibility index (Phi) is 3.32. The summed E-state index contributed by atoms with van der Waals surface area (Å²) in [5.74, 6) is 0. The minimum atomic E-state index is -3.58. The second-order valence-electron chi connectivity index (χ2n) is 4.70. The number of fused-ring (bicyclic) bond motifs is 1. The van der Waals surface area contributed by atoms with Gasteiger partial charge >= 0.3 is 5.69 Å². The van der Waals surface area contributed by atoms with E-state index in [1.807, 2.05) is 6.92 Å². The van der Waals surface area contributed by atoms with Gasteiger partial charge in [0, 0.05) is 26.9 Å². The Bertz CT molecular complexity index is 901. The monoisotopic (exact) mass is 300 g/mol. The largest absolute Gasteiger partial charge is 0.332 e. The smallest absolute Gasteiger partial charge is 0.312 e. The van der Waals surface area contributed by atoms with E-state index < -0.39 is 21.1 Å². The van der Waals surface area contributed by atoms with Crippen molar-refractivity contribution >= 4 is 21.0 Å². The van der Waals surface area contributed by atoms with Gasteiger partial charge in [-0.2, -0.15) is 4.98 Å². The molecule has 0 saturated carbocycles. The fourth-order valence-corrected chi connectivity index (χ4v) is 3.02. The van der Waals surface area contributed by atoms with Gasteiger partial charge in [0.1, 0.15) is 0 Å². The SMILES string of the molecule is CCCn1c(=O)c2c(nc(S(C)(=O)=O)n2C)n(C)c1=O. The van der Waals surface area contributed by atoms with Crippen molar-refractivity contribution in [3.8, 4) is 0 Å². The normalized spacial score (nSPS) is 12.2. The van der Waals surface area contributed by atoms with Crippen molar-refractivity contribution in [3.63, 3.8) is 0 Å². The van der Waals surface area contributed by atoms with Crippen LogP contribution in [0.1, 0.15) is 13.3 Å². The van der Waals surface area contributed by atoms with Crippen LogP contribution in [0.4, 0.5) is 0 Å². The average Bonchev–Trinajstić information content (AvgIpc) is 2.70. The first kappa shape index (κ1) is 14.5. The molecule has 110 valence electrons. The highest BCUT2D eigenvalue weighted by molar-refractivity contribution is 7.90. The summed E-state index contributed by atoms with van der Waals surface area (Å²) in [4.78, 5) is 28.4. The predicted molar refractivity (Wildman–Crippen MR) is 73.6 cm³/mol. The molecule has 0 aliphatic carbocycles. The van der Waals surface area contributed by atoms with E-state index in [9.17, 15) is 18.0 Å². The lowest BCUT2D eigenvalue weighted by atomic mass is 10.4. The lowest BCUT2D eigenvalue weighted by Gasteiger charge is -2.06. The third-order valence-corrected chi connectivity index (χ3v) is 4.13. The molecule has 2 rings (SSSR count). The van der Waals surface area contributed by atoms with Crippen molar-refractivity contribution in [1.29, 1.82) is 0 Å². The van der Waals surface area contributed by atoms with Crippen LogP contribution in [0.5, 0.6) is 0 Å². The summed E-state index contributed by atoms with van der Waals surface area (Å²) in [6, 6.07) is 0. The van der Waals surface area contributed by atoms with E-state index in [-0.39, 0.29) is 22.9 Å². The summed E-state index contributed by atoms with van der Waals surface area (Å²) in [7, 11) is -0.659. The fourth-order valence-electron chi connectivity index (χ4n) is 2.18. The van der Waals surface area contributed by atoms with Gasteiger partial charge in [-0.25, -0.2) is 13.2 Å². The molecule has 2 aromatic rings. The standard InChI is InChI=1S/C11H16N4O4S/c1-5-6-15-9(16)7-8(14(3)11(15)17)12-10(13(7)2)20(4,18)19/h5-6H2,1-4H3. The minimum absolute atomic E-state index is 0.0790. The van der Waals surface area contributed by atoms with Crippen LogP contribution < -0.4 is 11.2 Å². The molecule has 0 fully saturated rings. The zero-order valence-electron chi connectivity index (χ0n) is 11.7. The second-order valence-corrected chi connectivity index (χ2v) is 6.61. The number of sulfone groups is 1. The molecule has 0 N–H and O–H groups in total. The molecule has 2 heterocycles. The van der Waals surface area contributed by atoms with Crippen LogP contribution in [0.2, 0.25) is 0 Å². The van der Waals surface area contributed by atoms with Gasteiger partial charge < -0.3 is 4.57 Å². The zero-order valence-corrected chi connectivity index (χ0v) is 12.6. The fraction of sp³-hybridized carbons (Fsp3) is 0.545. The Labute approximate surface area is 115 Å². The highest BCUT2D eigenvalue weighted by atomic mass is 32.2. The molecule has 0 unspecified atom stereocenters. The highest BCUT2D eigenvalue weighted by Gasteiger charge is 2.22. The molecule has 0 radical (unpaired) electrons. The van der Waals surface area contributed by atoms with Gasteiger partial charge in [0.2, 0.25) is 15.0 Å². The predicted octanol–water partition coefficient (Wildman–Crippen LogP) is -0.753. The minimum Gasteiger partial charge on any atom is -0.312 e. The summed E-state index contributed by atoms with van der Waals surface area (Å²) < 4.78 is 26.8. The Morgan fingerprint density at radius 2 is 1.75 bits per heavy atom. The summed E-state index contributed by atoms with van der Waals surface area (Å²) >= 11 is 0. The number of imidazole rings is 1. The molecular formula is C11H16N4O4S. The summed E-state index contributed by atoms with van der Waals surface area (Å²) in [5, 5.41) is -0.228. The van der Waals surface area contributed by atoms with Crippen molar-refractivity contribution in [2.75, 3.05) is 6.26 Å². The Morgan fingerprint density at radius 1 is 1.15 bits per heavy atom. The van der Waals surface area contributed by atoms with Gasteiger partial charge in [0.05, 0.1) is 0 Å². The Balaban J connectivity index is 3.06. The van der Waals surface area contributed by atoms with E-state index in [0.29, 0.717) is 6.42 Å². The molecule has 8 nitrogen and oxygen atoms in total. The molecule has 0 aliphatic rings. The number of hydrogen-bond donors (Lipinski definition) is 0. The van der Waals surface area contributed by atoms with Crippen molar-refractivity contribution in [2.24, 2.45) is 14.1 Å². The van der Waals surface area contributed by atoms with Gasteiger partial charge in [-0.15, -0.1) is 0 Å². The highest BCUT2D eigenvalue weighted by Crippen LogP contribution is 2.13. The van der Waals surface area contributed by atoms with Gasteiger partial charge in [0.25, 0.3) is 5.56 Å². The van der Waals surface area contributed by atoms with Gasteiger partial charge in [-0.1, -0.05) is 6.92 Å². The first-order chi connectivity index (χ1) is 9.20. The molecule has 9 heteroatoms. The summed E-state index contributed by atoms with van der Waals surface area (Å²) in [6.45, 7) is 2.13. The van der Waals surface area contributed by atoms with E-state index in [0.717, 1.165) is 10.8 Å². The maximum Gasteiger partial charge on any atom is 0.332 e. The van der Waals surface area contributed by atoms with Crippen LogP contribution in [-0.4, -0.2) is 33.4 Å². The first-order valence-corrected chi connectivity index (χ1v) is 7.95. The van der Waals surface area contributed by atoms with Gasteiger partial charge in [-0.05, 0) is 6.42 Å². The van der Waals surface area contributed by atoms with E-state index in [4.69, 9.17) is 0 Å². The second kappa shape index (κ2) is 4.58. The van der Waals surface area contributed by atoms with Gasteiger partial charge in [0.15, 0.2) is 11.2 Å². The molecule has 0 bridgehead atoms. The van der Waals surface area contributed by atoms with Crippen LogP contribution >= 0.6 is 0 Å². The third kappa shape index (κ3) is 1.98. The molecule has 20 heavy (non-hydrogen) atoms. The van der Waals surface area contributed by atoms with Crippen molar-refractivity contribution in [3.05, 3.63) is 20.8 Å². The number of aryl methyl sites for hydroxylation is 2. The lowest BCUT2D eigenvalue weighted by molar-refractivity contribution is 0.585. The molecule has 0 amide bonds. The maximum absolute atomic E-state index is 12.3. The van der Waals surface area contributed by atoms with Crippen LogP contribution in [0.15, 0.2) is 14.7 Å². The lowest BCUT2D eigenvalue weighted by Crippen LogP contribution is -2.39. The van der Waals surface area contributed by atoms with Crippen LogP contribution in [-0.2, 0) is 30.5 Å². The van der Waals surface area contributed by atoms with Crippen molar-refractivity contribution in [1.82, 2.24) is 18.7 Å². The van der Waals surface area contributed by atoms with Crippen molar-refractivity contribution in [2.45, 2.75) is 25.0 Å². The molecule has 0 atom stereocenters. The number of rotatable bonds is 3. The Hall–Kier alpha value is -1.90. The number of hydrogen-bond acceptors (Lipinski definition) is 5. The van der Waals surface area contributed by atoms with Crippen LogP contribution in [0.25, 0.3) is 11.2 Å². The Morgan fingerprint density at radius 3 is 2.25 bits per heavy atom. The zero-order chi connectivity index (χ0) is 15.2. The van der Waals surface area contributed by atoms with E-state index in [1.165, 1.54) is 23.2 Å². The quantitative estimate of drug-likeness (QED) is 0.743. The average molecular weight is 300 g/mol. The molecule has 0 spiro atoms. The molecule has 0 aliphatic heterocycles. The first-order valence-electron chi connectivity index (χ1n) is 6.06. The topological polar surface area (TPSA) is 96.0 Å². The number of aromatic nitrogens is 4. The van der Waals surface area contributed by atoms with Crippen LogP contribution in [0.3, 0.4) is 0 Å². The van der Waals surface area contributed by atoms with E-state index >= 15 is 0 Å². The number of nitrogens with zero attached hydrogens (tertiary/aromatic N) is 4. The van der Waals surface area contributed by atoms with E-state index in [2.05, 4.69) is 4.98 Å². The molecule has 0 saturated heterocycles. The van der Waals surface area contributed by atoms with Crippen molar-refractivity contribution < 1.29 is 8.42 Å². The maximum atomic E-state index is 12.3. The molecule has 0 aromatic carbocycles. The third-order valence-electron chi connectivity index (χ3n) is 3.10. The summed E-state index contributed by atoms with van der Waals surface area (Å²) in [5.41, 5.74) is -0.825. The van der Waals surface area contributed by atoms with E-state index in [1.54, 1.807) is 0 Å². The molecular weight excluding hydrogens is 284 g/mol.